The molecule has 3 aromatic rings. The third-order valence-electron chi connectivity index (χ3n) is 3.92. The predicted molar refractivity (Wildman–Crippen MR) is 85.3 cm³/mol. The van der Waals surface area contributed by atoms with E-state index >= 15 is 0 Å². The molecule has 108 valence electrons. The summed E-state index contributed by atoms with van der Waals surface area (Å²) in [6.45, 7) is 2.08. The first-order valence-corrected chi connectivity index (χ1v) is 7.33. The molecule has 0 saturated heterocycles. The number of aromatic nitrogens is 1. The molecule has 0 aliphatic rings. The van der Waals surface area contributed by atoms with Crippen LogP contribution in [0.15, 0.2) is 53.2 Å². The molecule has 0 amide bonds. The zero-order valence-corrected chi connectivity index (χ0v) is 12.5. The second kappa shape index (κ2) is 6.10. The maximum absolute atomic E-state index is 6.07. The number of nitrogens with one attached hydrogen (secondary N) is 1. The Morgan fingerprint density at radius 1 is 1.19 bits per heavy atom. The topological polar surface area (TPSA) is 38.1 Å². The highest BCUT2D eigenvalue weighted by atomic mass is 16.3. The summed E-state index contributed by atoms with van der Waals surface area (Å²) < 4.78 is 6.07. The second-order valence-corrected chi connectivity index (χ2v) is 5.38. The Morgan fingerprint density at radius 3 is 2.71 bits per heavy atom. The van der Waals surface area contributed by atoms with Crippen molar-refractivity contribution in [1.29, 1.82) is 0 Å². The van der Waals surface area contributed by atoms with Gasteiger partial charge in [-0.3, -0.25) is 4.98 Å². The van der Waals surface area contributed by atoms with E-state index in [1.165, 1.54) is 16.5 Å². The molecule has 0 bridgehead atoms. The van der Waals surface area contributed by atoms with E-state index in [9.17, 15) is 0 Å². The lowest BCUT2D eigenvalue weighted by Gasteiger charge is -2.13. The first-order chi connectivity index (χ1) is 10.3. The quantitative estimate of drug-likeness (QED) is 0.766. The van der Waals surface area contributed by atoms with Gasteiger partial charge in [-0.15, -0.1) is 0 Å². The number of hydrogen-bond acceptors (Lipinski definition) is 3. The number of nitrogens with zero attached hydrogens (tertiary/aromatic N) is 1. The number of aryl methyl sites for hydroxylation is 2. The number of benzene rings is 1. The van der Waals surface area contributed by atoms with Gasteiger partial charge in [0, 0.05) is 17.8 Å². The minimum absolute atomic E-state index is 0.227. The van der Waals surface area contributed by atoms with Crippen LogP contribution in [0.3, 0.4) is 0 Å². The largest absolute Gasteiger partial charge is 0.459 e. The highest BCUT2D eigenvalue weighted by molar-refractivity contribution is 5.81. The van der Waals surface area contributed by atoms with Crippen molar-refractivity contribution >= 4 is 11.0 Å². The first kappa shape index (κ1) is 13.8. The van der Waals surface area contributed by atoms with Crippen LogP contribution in [-0.4, -0.2) is 12.0 Å². The Bertz CT molecular complexity index is 718. The summed E-state index contributed by atoms with van der Waals surface area (Å²) in [4.78, 5) is 4.06. The molecule has 2 heterocycles. The Hall–Kier alpha value is -2.13. The molecule has 0 fully saturated rings. The summed E-state index contributed by atoms with van der Waals surface area (Å²) >= 11 is 0. The average Bonchev–Trinajstić information content (AvgIpc) is 2.94. The lowest BCUT2D eigenvalue weighted by atomic mass is 10.0. The van der Waals surface area contributed by atoms with Gasteiger partial charge < -0.3 is 9.73 Å². The normalized spacial score (nSPS) is 12.7. The molecule has 1 atom stereocenters. The number of hydrogen-bond donors (Lipinski definition) is 1. The van der Waals surface area contributed by atoms with Gasteiger partial charge in [0.1, 0.15) is 11.3 Å². The number of furan rings is 1. The van der Waals surface area contributed by atoms with E-state index in [0.717, 1.165) is 24.2 Å². The number of pyridine rings is 1. The lowest BCUT2D eigenvalue weighted by Crippen LogP contribution is -2.16. The van der Waals surface area contributed by atoms with Crippen molar-refractivity contribution in [3.05, 3.63) is 65.7 Å². The fourth-order valence-electron chi connectivity index (χ4n) is 2.69. The maximum Gasteiger partial charge on any atom is 0.137 e. The van der Waals surface area contributed by atoms with Crippen LogP contribution in [-0.2, 0) is 6.42 Å². The summed E-state index contributed by atoms with van der Waals surface area (Å²) in [7, 11) is 1.98. The molecular formula is C18H20N2O. The van der Waals surface area contributed by atoms with Gasteiger partial charge in [-0.2, -0.15) is 0 Å². The van der Waals surface area contributed by atoms with Crippen LogP contribution in [0.25, 0.3) is 11.0 Å². The molecule has 0 aliphatic heterocycles. The zero-order valence-electron chi connectivity index (χ0n) is 12.5. The fraction of sp³-hybridized carbons (Fsp3) is 0.278. The second-order valence-electron chi connectivity index (χ2n) is 5.38. The molecule has 1 aromatic carbocycles. The van der Waals surface area contributed by atoms with Crippen molar-refractivity contribution in [2.75, 3.05) is 7.05 Å². The van der Waals surface area contributed by atoms with Crippen LogP contribution in [0.4, 0.5) is 0 Å². The third-order valence-corrected chi connectivity index (χ3v) is 3.92. The lowest BCUT2D eigenvalue weighted by molar-refractivity contribution is 0.432. The molecule has 1 N–H and O–H groups in total. The van der Waals surface area contributed by atoms with Crippen molar-refractivity contribution < 1.29 is 4.42 Å². The molecule has 3 heteroatoms. The van der Waals surface area contributed by atoms with Gasteiger partial charge in [-0.1, -0.05) is 18.2 Å². The molecule has 0 saturated carbocycles. The molecule has 1 unspecified atom stereocenters. The molecule has 3 nitrogen and oxygen atoms in total. The van der Waals surface area contributed by atoms with Gasteiger partial charge in [0.2, 0.25) is 0 Å². The number of fused-ring (bicyclic) bond motifs is 1. The summed E-state index contributed by atoms with van der Waals surface area (Å²) in [6.07, 6.45) is 5.69. The number of para-hydroxylation sites is 1. The van der Waals surface area contributed by atoms with Gasteiger partial charge in [-0.25, -0.2) is 0 Å². The summed E-state index contributed by atoms with van der Waals surface area (Å²) in [5.41, 5.74) is 3.48. The first-order valence-electron chi connectivity index (χ1n) is 7.33. The molecule has 0 spiro atoms. The Labute approximate surface area is 125 Å². The van der Waals surface area contributed by atoms with Gasteiger partial charge in [0.05, 0.1) is 6.04 Å². The van der Waals surface area contributed by atoms with Crippen molar-refractivity contribution in [2.24, 2.45) is 0 Å². The molecule has 21 heavy (non-hydrogen) atoms. The Balaban J connectivity index is 1.80. The van der Waals surface area contributed by atoms with Gasteiger partial charge >= 0.3 is 0 Å². The van der Waals surface area contributed by atoms with E-state index in [1.807, 2.05) is 19.4 Å². The van der Waals surface area contributed by atoms with Crippen LogP contribution < -0.4 is 5.32 Å². The standard InChI is InChI=1S/C18H20N2O/c1-13-4-3-5-15-12-17(21-18(13)15)16(19-2)7-6-14-8-10-20-11-9-14/h3-5,8-12,16,19H,6-7H2,1-2H3. The molecule has 0 aliphatic carbocycles. The van der Waals surface area contributed by atoms with E-state index < -0.39 is 0 Å². The van der Waals surface area contributed by atoms with Crippen LogP contribution in [0, 0.1) is 6.92 Å². The fourth-order valence-corrected chi connectivity index (χ4v) is 2.69. The highest BCUT2D eigenvalue weighted by Crippen LogP contribution is 2.28. The van der Waals surface area contributed by atoms with E-state index in [1.54, 1.807) is 0 Å². The number of rotatable bonds is 5. The molecule has 0 radical (unpaired) electrons. The third kappa shape index (κ3) is 2.98. The monoisotopic (exact) mass is 280 g/mol. The van der Waals surface area contributed by atoms with Crippen LogP contribution in [0.5, 0.6) is 0 Å². The van der Waals surface area contributed by atoms with Crippen LogP contribution in [0.1, 0.15) is 29.3 Å². The Morgan fingerprint density at radius 2 is 2.00 bits per heavy atom. The minimum atomic E-state index is 0.227. The van der Waals surface area contributed by atoms with Crippen molar-refractivity contribution in [2.45, 2.75) is 25.8 Å². The van der Waals surface area contributed by atoms with E-state index in [-0.39, 0.29) is 6.04 Å². The summed E-state index contributed by atoms with van der Waals surface area (Å²) in [5.74, 6) is 1.01. The van der Waals surface area contributed by atoms with Crippen LogP contribution >= 0.6 is 0 Å². The smallest absolute Gasteiger partial charge is 0.137 e. The molecular weight excluding hydrogens is 260 g/mol. The average molecular weight is 280 g/mol. The van der Waals surface area contributed by atoms with Crippen molar-refractivity contribution in [3.63, 3.8) is 0 Å². The van der Waals surface area contributed by atoms with E-state index in [4.69, 9.17) is 4.42 Å². The minimum Gasteiger partial charge on any atom is -0.459 e. The van der Waals surface area contributed by atoms with Crippen molar-refractivity contribution in [1.82, 2.24) is 10.3 Å². The van der Waals surface area contributed by atoms with Gasteiger partial charge in [0.25, 0.3) is 0 Å². The highest BCUT2D eigenvalue weighted by Gasteiger charge is 2.15. The molecule has 2 aromatic heterocycles. The summed E-state index contributed by atoms with van der Waals surface area (Å²) in [5, 5.41) is 4.53. The van der Waals surface area contributed by atoms with E-state index in [0.29, 0.717) is 0 Å². The SMILES string of the molecule is CNC(CCc1ccncc1)c1cc2cccc(C)c2o1. The van der Waals surface area contributed by atoms with Gasteiger partial charge in [0.15, 0.2) is 0 Å². The summed E-state index contributed by atoms with van der Waals surface area (Å²) in [6, 6.07) is 12.8. The van der Waals surface area contributed by atoms with E-state index in [2.05, 4.69) is 53.6 Å². The predicted octanol–water partition coefficient (Wildman–Crippen LogP) is 4.03. The van der Waals surface area contributed by atoms with Crippen molar-refractivity contribution in [3.8, 4) is 0 Å². The van der Waals surface area contributed by atoms with Crippen LogP contribution in [0.2, 0.25) is 0 Å². The maximum atomic E-state index is 6.07. The van der Waals surface area contributed by atoms with Gasteiger partial charge in [-0.05, 0) is 56.1 Å². The zero-order chi connectivity index (χ0) is 14.7. The molecule has 3 rings (SSSR count). The Kier molecular flexibility index (Phi) is 4.02.